The summed E-state index contributed by atoms with van der Waals surface area (Å²) in [4.78, 5) is 0. The van der Waals surface area contributed by atoms with Crippen molar-refractivity contribution in [3.8, 4) is 0 Å². The first kappa shape index (κ1) is 13.4. The maximum Gasteiger partial charge on any atom is 0.102 e. The van der Waals surface area contributed by atoms with Crippen LogP contribution in [0.4, 0.5) is 0 Å². The Morgan fingerprint density at radius 2 is 1.44 bits per heavy atom. The third kappa shape index (κ3) is 3.74. The molecule has 0 unspecified atom stereocenters. The maximum atomic E-state index is 5.98. The van der Waals surface area contributed by atoms with Crippen LogP contribution in [0.25, 0.3) is 0 Å². The topological polar surface area (TPSA) is 16.6 Å². The van der Waals surface area contributed by atoms with Crippen LogP contribution >= 0.6 is 23.2 Å². The molecule has 1 nitrogen and oxygen atoms in total. The van der Waals surface area contributed by atoms with Gasteiger partial charge in [-0.2, -0.15) is 0 Å². The molecule has 0 aliphatic heterocycles. The van der Waals surface area contributed by atoms with Gasteiger partial charge >= 0.3 is 0 Å². The Bertz CT molecular complexity index is 521. The number of nitrogens with two attached hydrogens (primary N) is 1. The van der Waals surface area contributed by atoms with E-state index in [0.717, 1.165) is 13.1 Å². The molecule has 0 fully saturated rings. The molecule has 0 amide bonds. The van der Waals surface area contributed by atoms with Crippen LogP contribution in [0.1, 0.15) is 16.7 Å². The Kier molecular flexibility index (Phi) is 4.65. The Morgan fingerprint density at radius 1 is 0.833 bits per heavy atom. The molecule has 2 aromatic carbocycles. The van der Waals surface area contributed by atoms with Gasteiger partial charge in [-0.15, -0.1) is 0 Å². The first-order chi connectivity index (χ1) is 8.65. The zero-order valence-corrected chi connectivity index (χ0v) is 11.8. The van der Waals surface area contributed by atoms with Crippen LogP contribution in [0.3, 0.4) is 0 Å². The van der Waals surface area contributed by atoms with Crippen LogP contribution < -0.4 is 5.32 Å². The van der Waals surface area contributed by atoms with Crippen molar-refractivity contribution in [2.24, 2.45) is 0 Å². The predicted molar refractivity (Wildman–Crippen MR) is 77.0 cm³/mol. The molecule has 0 spiro atoms. The number of hydrogen-bond acceptors (Lipinski definition) is 0. The van der Waals surface area contributed by atoms with E-state index in [1.807, 2.05) is 18.2 Å². The second-order valence-electron chi connectivity index (χ2n) is 4.43. The molecular weight excluding hydrogens is 265 g/mol. The summed E-state index contributed by atoms with van der Waals surface area (Å²) in [6.07, 6.45) is 0. The van der Waals surface area contributed by atoms with E-state index in [9.17, 15) is 0 Å². The van der Waals surface area contributed by atoms with E-state index < -0.39 is 0 Å². The lowest BCUT2D eigenvalue weighted by molar-refractivity contribution is -0.686. The molecule has 0 saturated heterocycles. The molecule has 2 rings (SSSR count). The lowest BCUT2D eigenvalue weighted by Crippen LogP contribution is -2.80. The van der Waals surface area contributed by atoms with E-state index >= 15 is 0 Å². The molecule has 2 aromatic rings. The van der Waals surface area contributed by atoms with Crippen molar-refractivity contribution in [1.82, 2.24) is 0 Å². The van der Waals surface area contributed by atoms with E-state index in [1.165, 1.54) is 16.7 Å². The van der Waals surface area contributed by atoms with E-state index in [0.29, 0.717) is 10.0 Å². The highest BCUT2D eigenvalue weighted by Crippen LogP contribution is 2.22. The van der Waals surface area contributed by atoms with Crippen molar-refractivity contribution >= 4 is 23.2 Å². The number of rotatable bonds is 4. The average molecular weight is 281 g/mol. The summed E-state index contributed by atoms with van der Waals surface area (Å²) in [7, 11) is 0. The van der Waals surface area contributed by atoms with E-state index in [1.54, 1.807) is 0 Å². The van der Waals surface area contributed by atoms with E-state index in [-0.39, 0.29) is 0 Å². The highest BCUT2D eigenvalue weighted by Gasteiger charge is 2.01. The van der Waals surface area contributed by atoms with Crippen LogP contribution in [0.5, 0.6) is 0 Å². The fourth-order valence-electron chi connectivity index (χ4n) is 1.80. The molecule has 18 heavy (non-hydrogen) atoms. The first-order valence-corrected chi connectivity index (χ1v) is 6.72. The minimum absolute atomic E-state index is 0.610. The zero-order chi connectivity index (χ0) is 13.0. The average Bonchev–Trinajstić information content (AvgIpc) is 2.36. The fraction of sp³-hybridized carbons (Fsp3) is 0.200. The van der Waals surface area contributed by atoms with Crippen molar-refractivity contribution < 1.29 is 5.32 Å². The molecule has 0 heterocycles. The van der Waals surface area contributed by atoms with Crippen LogP contribution in [-0.2, 0) is 13.1 Å². The van der Waals surface area contributed by atoms with Crippen molar-refractivity contribution in [2.45, 2.75) is 20.0 Å². The van der Waals surface area contributed by atoms with Crippen LogP contribution in [-0.4, -0.2) is 0 Å². The standard InChI is InChI=1S/C15H15Cl2N/c1-11-2-4-12(5-3-11)9-18-10-13-6-7-14(16)15(17)8-13/h2-8,18H,9-10H2,1H3/p+1. The van der Waals surface area contributed by atoms with Gasteiger partial charge < -0.3 is 5.32 Å². The number of hydrogen-bond donors (Lipinski definition) is 1. The Hall–Kier alpha value is -1.02. The molecule has 0 saturated carbocycles. The van der Waals surface area contributed by atoms with Crippen LogP contribution in [0.15, 0.2) is 42.5 Å². The smallest absolute Gasteiger partial charge is 0.102 e. The number of quaternary nitrogens is 1. The van der Waals surface area contributed by atoms with E-state index in [2.05, 4.69) is 36.5 Å². The number of benzene rings is 2. The molecule has 0 aromatic heterocycles. The van der Waals surface area contributed by atoms with Crippen molar-refractivity contribution in [1.29, 1.82) is 0 Å². The minimum atomic E-state index is 0.610. The highest BCUT2D eigenvalue weighted by molar-refractivity contribution is 6.41. The molecule has 2 N–H and O–H groups in total. The lowest BCUT2D eigenvalue weighted by atomic mass is 10.1. The summed E-state index contributed by atoms with van der Waals surface area (Å²) in [6.45, 7) is 3.98. The summed E-state index contributed by atoms with van der Waals surface area (Å²) in [5.74, 6) is 0. The van der Waals surface area contributed by atoms with Gasteiger partial charge in [0, 0.05) is 11.1 Å². The summed E-state index contributed by atoms with van der Waals surface area (Å²) >= 11 is 11.9. The SMILES string of the molecule is Cc1ccc(C[NH2+]Cc2ccc(Cl)c(Cl)c2)cc1. The van der Waals surface area contributed by atoms with Crippen molar-refractivity contribution in [2.75, 3.05) is 0 Å². The summed E-state index contributed by atoms with van der Waals surface area (Å²) in [5, 5.41) is 3.49. The van der Waals surface area contributed by atoms with Gasteiger partial charge in [-0.3, -0.25) is 0 Å². The Balaban J connectivity index is 1.88. The van der Waals surface area contributed by atoms with Gasteiger partial charge in [0.2, 0.25) is 0 Å². The Morgan fingerprint density at radius 3 is 2.11 bits per heavy atom. The molecule has 0 radical (unpaired) electrons. The summed E-state index contributed by atoms with van der Waals surface area (Å²) < 4.78 is 0. The monoisotopic (exact) mass is 280 g/mol. The van der Waals surface area contributed by atoms with Crippen molar-refractivity contribution in [3.05, 3.63) is 69.2 Å². The lowest BCUT2D eigenvalue weighted by Gasteiger charge is -2.04. The molecule has 0 atom stereocenters. The normalized spacial score (nSPS) is 10.6. The van der Waals surface area contributed by atoms with Crippen molar-refractivity contribution in [3.63, 3.8) is 0 Å². The van der Waals surface area contributed by atoms with Crippen LogP contribution in [0, 0.1) is 6.92 Å². The molecule has 0 aliphatic carbocycles. The van der Waals surface area contributed by atoms with Gasteiger partial charge in [0.25, 0.3) is 0 Å². The largest absolute Gasteiger partial charge is 0.339 e. The summed E-state index contributed by atoms with van der Waals surface area (Å²) in [6, 6.07) is 14.4. The fourth-order valence-corrected chi connectivity index (χ4v) is 2.12. The van der Waals surface area contributed by atoms with Crippen LogP contribution in [0.2, 0.25) is 10.0 Å². The second-order valence-corrected chi connectivity index (χ2v) is 5.25. The predicted octanol–water partition coefficient (Wildman–Crippen LogP) is 3.57. The van der Waals surface area contributed by atoms with Gasteiger partial charge in [-0.1, -0.05) is 59.1 Å². The molecule has 0 bridgehead atoms. The zero-order valence-electron chi connectivity index (χ0n) is 10.3. The molecular formula is C15H16Cl2N+. The van der Waals surface area contributed by atoms with Gasteiger partial charge in [-0.25, -0.2) is 0 Å². The van der Waals surface area contributed by atoms with Gasteiger partial charge in [-0.05, 0) is 19.1 Å². The quantitative estimate of drug-likeness (QED) is 0.882. The van der Waals surface area contributed by atoms with E-state index in [4.69, 9.17) is 23.2 Å². The molecule has 3 heteroatoms. The first-order valence-electron chi connectivity index (χ1n) is 5.96. The van der Waals surface area contributed by atoms with Gasteiger partial charge in [0.05, 0.1) is 10.0 Å². The summed E-state index contributed by atoms with van der Waals surface area (Å²) in [5.41, 5.74) is 3.82. The third-order valence-corrected chi connectivity index (χ3v) is 3.60. The minimum Gasteiger partial charge on any atom is -0.339 e. The second kappa shape index (κ2) is 6.24. The van der Waals surface area contributed by atoms with Gasteiger partial charge in [0.1, 0.15) is 13.1 Å². The van der Waals surface area contributed by atoms with Gasteiger partial charge in [0.15, 0.2) is 0 Å². The molecule has 0 aliphatic rings. The number of aryl methyl sites for hydroxylation is 1. The maximum absolute atomic E-state index is 5.98. The highest BCUT2D eigenvalue weighted by atomic mass is 35.5. The molecule has 94 valence electrons. The number of halogens is 2. The third-order valence-electron chi connectivity index (χ3n) is 2.86. The Labute approximate surface area is 118 Å².